The fraction of sp³-hybridized carbons (Fsp3) is 0.238. The van der Waals surface area contributed by atoms with E-state index >= 15 is 0 Å². The molecule has 1 unspecified atom stereocenters. The molecule has 1 heterocycles. The van der Waals surface area contributed by atoms with E-state index in [1.165, 1.54) is 0 Å². The third-order valence-electron chi connectivity index (χ3n) is 4.45. The molecule has 156 valence electrons. The number of thioether (sulfide) groups is 1. The number of carbonyl (C=O) groups excluding carboxylic acids is 2. The van der Waals surface area contributed by atoms with E-state index in [1.54, 1.807) is 46.9 Å². The molecular formula is C21H22BrN5O2S. The van der Waals surface area contributed by atoms with E-state index in [4.69, 9.17) is 0 Å². The van der Waals surface area contributed by atoms with E-state index in [9.17, 15) is 9.59 Å². The number of amides is 2. The van der Waals surface area contributed by atoms with Crippen molar-refractivity contribution >= 4 is 45.2 Å². The molecule has 7 nitrogen and oxygen atoms in total. The summed E-state index contributed by atoms with van der Waals surface area (Å²) < 4.78 is 2.49. The number of halogens is 1. The van der Waals surface area contributed by atoms with Gasteiger partial charge in [-0.3, -0.25) is 9.59 Å². The minimum atomic E-state index is -0.657. The van der Waals surface area contributed by atoms with Gasteiger partial charge in [0.2, 0.25) is 5.91 Å². The van der Waals surface area contributed by atoms with Gasteiger partial charge in [0, 0.05) is 22.8 Å². The number of nitrogens with one attached hydrogen (secondary N) is 2. The number of hydrogen-bond acceptors (Lipinski definition) is 5. The predicted molar refractivity (Wildman–Crippen MR) is 123 cm³/mol. The summed E-state index contributed by atoms with van der Waals surface area (Å²) in [5.41, 5.74) is 1.96. The number of nitrogens with zero attached hydrogens (tertiary/aromatic N) is 3. The summed E-state index contributed by atoms with van der Waals surface area (Å²) in [4.78, 5) is 25.7. The summed E-state index contributed by atoms with van der Waals surface area (Å²) in [5.74, 6) is 0.885. The second kappa shape index (κ2) is 10.4. The van der Waals surface area contributed by atoms with Crippen molar-refractivity contribution in [1.29, 1.82) is 0 Å². The second-order valence-corrected chi connectivity index (χ2v) is 8.46. The summed E-state index contributed by atoms with van der Waals surface area (Å²) in [6.07, 6.45) is 4.11. The highest BCUT2D eigenvalue weighted by molar-refractivity contribution is 9.10. The number of aryl methyl sites for hydroxylation is 1. The molecule has 2 aromatic carbocycles. The van der Waals surface area contributed by atoms with Crippen LogP contribution in [0.25, 0.3) is 11.4 Å². The highest BCUT2D eigenvalue weighted by Gasteiger charge is 2.22. The maximum Gasteiger partial charge on any atom is 0.253 e. The first-order valence-corrected chi connectivity index (χ1v) is 11.5. The van der Waals surface area contributed by atoms with Crippen molar-refractivity contribution in [3.63, 3.8) is 0 Å². The highest BCUT2D eigenvalue weighted by atomic mass is 79.9. The number of carbonyl (C=O) groups is 2. The number of benzene rings is 2. The quantitative estimate of drug-likeness (QED) is 0.505. The molecule has 0 bridgehead atoms. The Morgan fingerprint density at radius 3 is 2.70 bits per heavy atom. The first-order chi connectivity index (χ1) is 14.5. The van der Waals surface area contributed by atoms with Crippen LogP contribution in [0.1, 0.15) is 16.8 Å². The molecule has 1 aromatic heterocycles. The smallest absolute Gasteiger partial charge is 0.253 e. The second-order valence-electron chi connectivity index (χ2n) is 6.62. The fourth-order valence-corrected chi connectivity index (χ4v) is 3.83. The summed E-state index contributed by atoms with van der Waals surface area (Å²) in [5, 5.41) is 13.8. The number of rotatable bonds is 8. The molecule has 0 saturated carbocycles. The van der Waals surface area contributed by atoms with Crippen molar-refractivity contribution in [3.05, 3.63) is 64.9 Å². The molecule has 0 aliphatic carbocycles. The van der Waals surface area contributed by atoms with Gasteiger partial charge < -0.3 is 15.2 Å². The molecule has 0 aliphatic rings. The normalized spacial score (nSPS) is 11.7. The molecule has 0 radical (unpaired) electrons. The van der Waals surface area contributed by atoms with Crippen molar-refractivity contribution in [3.8, 4) is 11.4 Å². The number of anilines is 1. The number of aromatic nitrogens is 3. The van der Waals surface area contributed by atoms with Gasteiger partial charge in [0.1, 0.15) is 12.4 Å². The van der Waals surface area contributed by atoms with Gasteiger partial charge in [0.25, 0.3) is 5.91 Å². The molecule has 0 aliphatic heterocycles. The molecular weight excluding hydrogens is 466 g/mol. The van der Waals surface area contributed by atoms with E-state index < -0.39 is 6.04 Å². The van der Waals surface area contributed by atoms with Gasteiger partial charge in [0.15, 0.2) is 5.82 Å². The average Bonchev–Trinajstić information content (AvgIpc) is 3.17. The van der Waals surface area contributed by atoms with Gasteiger partial charge in [-0.2, -0.15) is 11.8 Å². The molecule has 3 aromatic rings. The van der Waals surface area contributed by atoms with Crippen LogP contribution >= 0.6 is 27.7 Å². The van der Waals surface area contributed by atoms with Crippen LogP contribution in [0.5, 0.6) is 0 Å². The Bertz CT molecular complexity index is 1040. The van der Waals surface area contributed by atoms with Crippen LogP contribution in [-0.4, -0.2) is 44.6 Å². The van der Waals surface area contributed by atoms with Gasteiger partial charge >= 0.3 is 0 Å². The van der Waals surface area contributed by atoms with Crippen LogP contribution in [0.15, 0.2) is 59.3 Å². The van der Waals surface area contributed by atoms with E-state index in [0.29, 0.717) is 28.0 Å². The zero-order valence-corrected chi connectivity index (χ0v) is 19.0. The lowest BCUT2D eigenvalue weighted by Crippen LogP contribution is -2.44. The third-order valence-corrected chi connectivity index (χ3v) is 5.79. The lowest BCUT2D eigenvalue weighted by Gasteiger charge is -2.19. The Balaban J connectivity index is 1.75. The SMILES string of the molecule is CSCCC(NC(=O)c1ccccc1Br)C(=O)Nc1cccc(-c2nncn2C)c1. The molecule has 2 amide bonds. The molecule has 0 fully saturated rings. The Hall–Kier alpha value is -2.65. The minimum absolute atomic E-state index is 0.264. The van der Waals surface area contributed by atoms with Crippen LogP contribution < -0.4 is 10.6 Å². The lowest BCUT2D eigenvalue weighted by atomic mass is 10.1. The van der Waals surface area contributed by atoms with Gasteiger partial charge in [0.05, 0.1) is 5.56 Å². The summed E-state index contributed by atoms with van der Waals surface area (Å²) in [6, 6.07) is 13.9. The summed E-state index contributed by atoms with van der Waals surface area (Å²) in [7, 11) is 1.86. The van der Waals surface area contributed by atoms with Gasteiger partial charge in [-0.25, -0.2) is 0 Å². The van der Waals surface area contributed by atoms with E-state index in [-0.39, 0.29) is 11.8 Å². The Kier molecular flexibility index (Phi) is 7.64. The Morgan fingerprint density at radius 1 is 1.20 bits per heavy atom. The molecule has 1 atom stereocenters. The van der Waals surface area contributed by atoms with Crippen molar-refractivity contribution < 1.29 is 9.59 Å². The fourth-order valence-electron chi connectivity index (χ4n) is 2.90. The molecule has 30 heavy (non-hydrogen) atoms. The van der Waals surface area contributed by atoms with E-state index in [0.717, 1.165) is 11.3 Å². The summed E-state index contributed by atoms with van der Waals surface area (Å²) in [6.45, 7) is 0. The zero-order chi connectivity index (χ0) is 21.5. The molecule has 0 saturated heterocycles. The maximum atomic E-state index is 13.0. The lowest BCUT2D eigenvalue weighted by molar-refractivity contribution is -0.118. The first kappa shape index (κ1) is 22.0. The van der Waals surface area contributed by atoms with Crippen LogP contribution in [0.3, 0.4) is 0 Å². The standard InChI is InChI=1S/C21H22BrN5O2S/c1-27-13-23-26-19(27)14-6-5-7-15(12-14)24-21(29)18(10-11-30-2)25-20(28)16-8-3-4-9-17(16)22/h3-9,12-13,18H,10-11H2,1-2H3,(H,24,29)(H,25,28). The largest absolute Gasteiger partial charge is 0.340 e. The van der Waals surface area contributed by atoms with Crippen molar-refractivity contribution in [1.82, 2.24) is 20.1 Å². The molecule has 9 heteroatoms. The number of hydrogen-bond donors (Lipinski definition) is 2. The van der Waals surface area contributed by atoms with Crippen LogP contribution in [0.4, 0.5) is 5.69 Å². The van der Waals surface area contributed by atoms with Gasteiger partial charge in [-0.05, 0) is 58.6 Å². The van der Waals surface area contributed by atoms with E-state index in [1.807, 2.05) is 37.6 Å². The third kappa shape index (κ3) is 5.48. The van der Waals surface area contributed by atoms with Crippen LogP contribution in [0.2, 0.25) is 0 Å². The minimum Gasteiger partial charge on any atom is -0.340 e. The highest BCUT2D eigenvalue weighted by Crippen LogP contribution is 2.21. The van der Waals surface area contributed by atoms with Crippen LogP contribution in [-0.2, 0) is 11.8 Å². The predicted octanol–water partition coefficient (Wildman–Crippen LogP) is 3.73. The molecule has 3 rings (SSSR count). The Morgan fingerprint density at radius 2 is 2.00 bits per heavy atom. The molecule has 0 spiro atoms. The van der Waals surface area contributed by atoms with Gasteiger partial charge in [-0.1, -0.05) is 24.3 Å². The summed E-state index contributed by atoms with van der Waals surface area (Å²) >= 11 is 5.01. The van der Waals surface area contributed by atoms with Gasteiger partial charge in [-0.15, -0.1) is 10.2 Å². The zero-order valence-electron chi connectivity index (χ0n) is 16.6. The maximum absolute atomic E-state index is 13.0. The van der Waals surface area contributed by atoms with Crippen molar-refractivity contribution in [2.75, 3.05) is 17.3 Å². The monoisotopic (exact) mass is 487 g/mol. The first-order valence-electron chi connectivity index (χ1n) is 9.29. The molecule has 2 N–H and O–H groups in total. The van der Waals surface area contributed by atoms with Crippen molar-refractivity contribution in [2.24, 2.45) is 7.05 Å². The average molecular weight is 488 g/mol. The Labute approximate surface area is 187 Å². The van der Waals surface area contributed by atoms with E-state index in [2.05, 4.69) is 36.8 Å². The topological polar surface area (TPSA) is 88.9 Å². The van der Waals surface area contributed by atoms with Crippen LogP contribution in [0, 0.1) is 0 Å². The van der Waals surface area contributed by atoms with Crippen molar-refractivity contribution in [2.45, 2.75) is 12.5 Å².